The van der Waals surface area contributed by atoms with Crippen LogP contribution in [0.4, 0.5) is 27.7 Å². The quantitative estimate of drug-likeness (QED) is 0.0689. The third-order valence-corrected chi connectivity index (χ3v) is 8.13. The van der Waals surface area contributed by atoms with Gasteiger partial charge in [0.2, 0.25) is 0 Å². The molecule has 5 aromatic rings. The minimum Gasteiger partial charge on any atom is -0.478 e. The van der Waals surface area contributed by atoms with Crippen LogP contribution in [-0.4, -0.2) is 64.4 Å². The lowest BCUT2D eigenvalue weighted by atomic mass is 9.91. The molecule has 51 heavy (non-hydrogen) atoms. The summed E-state index contributed by atoms with van der Waals surface area (Å²) in [5, 5.41) is 44.2. The Labute approximate surface area is 293 Å². The van der Waals surface area contributed by atoms with Crippen molar-refractivity contribution in [3.8, 4) is 17.1 Å². The first-order chi connectivity index (χ1) is 24.3. The van der Waals surface area contributed by atoms with Crippen LogP contribution in [0.5, 0.6) is 0 Å². The van der Waals surface area contributed by atoms with Gasteiger partial charge in [0.1, 0.15) is 0 Å². The molecule has 3 heterocycles. The number of unbranched alkanes of at least 4 members (excludes halogenated alkanes) is 1. The molecule has 0 aliphatic carbocycles. The van der Waals surface area contributed by atoms with Gasteiger partial charge in [0.25, 0.3) is 5.69 Å². The number of carbonyl (C=O) groups is 3. The van der Waals surface area contributed by atoms with Gasteiger partial charge >= 0.3 is 18.0 Å². The van der Waals surface area contributed by atoms with Crippen LogP contribution in [0.25, 0.3) is 27.6 Å². The largest absolute Gasteiger partial charge is 0.478 e. The van der Waals surface area contributed by atoms with Crippen molar-refractivity contribution >= 4 is 46.6 Å². The summed E-state index contributed by atoms with van der Waals surface area (Å²) >= 11 is 0. The number of benzene rings is 2. The highest BCUT2D eigenvalue weighted by Crippen LogP contribution is 2.38. The molecule has 0 saturated carbocycles. The van der Waals surface area contributed by atoms with Gasteiger partial charge in [0.05, 0.1) is 41.9 Å². The number of azo groups is 1. The molecule has 16 nitrogen and oxygen atoms in total. The maximum atomic E-state index is 12.4. The van der Waals surface area contributed by atoms with E-state index in [-0.39, 0.29) is 28.3 Å². The molecule has 4 N–H and O–H groups in total. The highest BCUT2D eigenvalue weighted by Gasteiger charge is 2.27. The van der Waals surface area contributed by atoms with Crippen molar-refractivity contribution in [2.45, 2.75) is 65.7 Å². The summed E-state index contributed by atoms with van der Waals surface area (Å²) in [5.41, 5.74) is 1.56. The van der Waals surface area contributed by atoms with Gasteiger partial charge in [-0.1, -0.05) is 53.9 Å². The zero-order valence-electron chi connectivity index (χ0n) is 28.8. The van der Waals surface area contributed by atoms with E-state index >= 15 is 0 Å². The number of anilines is 1. The Morgan fingerprint density at radius 2 is 1.73 bits per heavy atom. The van der Waals surface area contributed by atoms with Crippen LogP contribution < -0.4 is 5.32 Å². The number of aromatic amines is 1. The second-order valence-corrected chi connectivity index (χ2v) is 12.9. The molecular formula is C35H38N10O6. The fraction of sp³-hybridized carbons (Fsp3) is 0.343. The number of nitrogens with zero attached hydrogens (tertiary/aromatic N) is 8. The Balaban J connectivity index is 1.44. The van der Waals surface area contributed by atoms with Gasteiger partial charge in [-0.25, -0.2) is 23.9 Å². The molecular weight excluding hydrogens is 656 g/mol. The first-order valence-corrected chi connectivity index (χ1v) is 16.4. The fourth-order valence-electron chi connectivity index (χ4n) is 5.27. The zero-order valence-corrected chi connectivity index (χ0v) is 28.8. The summed E-state index contributed by atoms with van der Waals surface area (Å²) in [4.78, 5) is 42.6. The third kappa shape index (κ3) is 8.10. The number of aromatic carboxylic acids is 2. The highest BCUT2D eigenvalue weighted by atomic mass is 16.5. The smallest absolute Gasteiger partial charge is 0.411 e. The summed E-state index contributed by atoms with van der Waals surface area (Å²) in [5.74, 6) is -1.92. The van der Waals surface area contributed by atoms with Crippen molar-refractivity contribution in [1.82, 2.24) is 29.6 Å². The SMILES string of the molecule is [C-]#[N+]c1cnn(-c2cc(C(=O)O)cc(C(=O)O)c2)c1N=Nc1c(C(C)(C)C)nn2nc(-c3ccc(NC(=O)OCC(CC)CCCC)cc3)[nH]c12. The average molecular weight is 695 g/mol. The molecule has 0 saturated heterocycles. The first kappa shape index (κ1) is 35.9. The van der Waals surface area contributed by atoms with Crippen molar-refractivity contribution in [2.75, 3.05) is 11.9 Å². The van der Waals surface area contributed by atoms with Gasteiger partial charge in [-0.2, -0.15) is 10.2 Å². The summed E-state index contributed by atoms with van der Waals surface area (Å²) in [6, 6.07) is 10.5. The van der Waals surface area contributed by atoms with E-state index < -0.39 is 23.4 Å². The Morgan fingerprint density at radius 3 is 2.31 bits per heavy atom. The van der Waals surface area contributed by atoms with Gasteiger partial charge in [-0.15, -0.1) is 20.0 Å². The number of hydrogen-bond acceptors (Lipinski definition) is 9. The number of H-pyrrole nitrogens is 1. The van der Waals surface area contributed by atoms with Crippen LogP contribution in [0.1, 0.15) is 86.7 Å². The fourth-order valence-corrected chi connectivity index (χ4v) is 5.27. The van der Waals surface area contributed by atoms with Crippen molar-refractivity contribution in [3.05, 3.63) is 76.9 Å². The van der Waals surface area contributed by atoms with Crippen molar-refractivity contribution in [2.24, 2.45) is 16.1 Å². The van der Waals surface area contributed by atoms with E-state index in [2.05, 4.69) is 54.5 Å². The normalized spacial score (nSPS) is 12.2. The molecule has 0 aliphatic heterocycles. The lowest BCUT2D eigenvalue weighted by Crippen LogP contribution is -2.18. The number of fused-ring (bicyclic) bond motifs is 1. The molecule has 5 rings (SSSR count). The zero-order chi connectivity index (χ0) is 36.9. The summed E-state index contributed by atoms with van der Waals surface area (Å²) in [6.07, 6.45) is 4.88. The first-order valence-electron chi connectivity index (χ1n) is 16.4. The number of rotatable bonds is 13. The van der Waals surface area contributed by atoms with E-state index in [1.54, 1.807) is 24.3 Å². The molecule has 1 unspecified atom stereocenters. The van der Waals surface area contributed by atoms with Crippen LogP contribution in [0.15, 0.2) is 58.9 Å². The maximum Gasteiger partial charge on any atom is 0.411 e. The third-order valence-electron chi connectivity index (χ3n) is 8.13. The Bertz CT molecular complexity index is 2120. The number of amides is 1. The highest BCUT2D eigenvalue weighted by molar-refractivity contribution is 5.95. The maximum absolute atomic E-state index is 12.4. The summed E-state index contributed by atoms with van der Waals surface area (Å²) < 4.78 is 8.01. The van der Waals surface area contributed by atoms with Gasteiger partial charge in [0.15, 0.2) is 23.0 Å². The molecule has 264 valence electrons. The number of ether oxygens (including phenoxy) is 1. The van der Waals surface area contributed by atoms with Crippen molar-refractivity contribution in [3.63, 3.8) is 0 Å². The van der Waals surface area contributed by atoms with Gasteiger partial charge in [-0.3, -0.25) is 5.32 Å². The molecule has 1 atom stereocenters. The van der Waals surface area contributed by atoms with Crippen molar-refractivity contribution < 1.29 is 29.3 Å². The number of carbonyl (C=O) groups excluding carboxylic acids is 1. The van der Waals surface area contributed by atoms with Crippen LogP contribution in [0, 0.1) is 12.5 Å². The predicted molar refractivity (Wildman–Crippen MR) is 188 cm³/mol. The van der Waals surface area contributed by atoms with Crippen molar-refractivity contribution in [1.29, 1.82) is 0 Å². The molecule has 0 spiro atoms. The molecule has 0 fully saturated rings. The molecule has 1 amide bonds. The number of carboxylic acids is 2. The van der Waals surface area contributed by atoms with Crippen LogP contribution in [0.2, 0.25) is 0 Å². The molecule has 0 bridgehead atoms. The van der Waals surface area contributed by atoms with E-state index in [1.807, 2.05) is 20.8 Å². The second-order valence-electron chi connectivity index (χ2n) is 12.9. The van der Waals surface area contributed by atoms with Gasteiger partial charge in [-0.05, 0) is 54.8 Å². The minimum absolute atomic E-state index is 0.00151. The molecule has 0 radical (unpaired) electrons. The Hall–Kier alpha value is -6.37. The van der Waals surface area contributed by atoms with E-state index in [0.29, 0.717) is 46.6 Å². The van der Waals surface area contributed by atoms with Crippen LogP contribution in [0.3, 0.4) is 0 Å². The van der Waals surface area contributed by atoms with E-state index in [9.17, 15) is 24.6 Å². The lowest BCUT2D eigenvalue weighted by molar-refractivity contribution is 0.0696. The Morgan fingerprint density at radius 1 is 1.04 bits per heavy atom. The summed E-state index contributed by atoms with van der Waals surface area (Å²) in [7, 11) is 0. The van der Waals surface area contributed by atoms with Gasteiger partial charge in [0, 0.05) is 16.7 Å². The van der Waals surface area contributed by atoms with Crippen LogP contribution >= 0.6 is 0 Å². The van der Waals surface area contributed by atoms with E-state index in [1.165, 1.54) is 23.0 Å². The lowest BCUT2D eigenvalue weighted by Gasteiger charge is -2.15. The molecule has 16 heteroatoms. The predicted octanol–water partition coefficient (Wildman–Crippen LogP) is 8.34. The number of nitrogens with one attached hydrogen (secondary N) is 2. The van der Waals surface area contributed by atoms with Crippen LogP contribution in [-0.2, 0) is 10.2 Å². The van der Waals surface area contributed by atoms with E-state index in [0.717, 1.165) is 36.4 Å². The molecule has 2 aromatic carbocycles. The number of hydrogen-bond donors (Lipinski definition) is 4. The monoisotopic (exact) mass is 694 g/mol. The second kappa shape index (κ2) is 15.0. The van der Waals surface area contributed by atoms with Gasteiger partial charge < -0.3 is 19.9 Å². The number of carboxylic acid groups (broad SMARTS) is 2. The number of aromatic nitrogens is 6. The topological polar surface area (TPSA) is 206 Å². The standard InChI is InChI=1S/C35H38N10O6/c1-7-9-10-20(8-2)19-51-34(50)38-24-13-11-21(12-14-24)29-39-31-27(28(35(3,4)5)42-45(31)43-29)40-41-30-26(36-6)18-37-44(30)25-16-22(32(46)47)15-23(17-25)33(48)49/h11-18,20H,7-10,19H2,1-5H3,(H,38,50)(H,39,43)(H,46,47)(H,48,49). The molecule has 3 aromatic heterocycles. The Kier molecular flexibility index (Phi) is 10.6. The van der Waals surface area contributed by atoms with E-state index in [4.69, 9.17) is 11.3 Å². The average Bonchev–Trinajstić information content (AvgIpc) is 3.80. The summed E-state index contributed by atoms with van der Waals surface area (Å²) in [6.45, 7) is 18.1. The molecule has 0 aliphatic rings. The minimum atomic E-state index is -1.33.